The Balaban J connectivity index is 0.898. The summed E-state index contributed by atoms with van der Waals surface area (Å²) < 4.78 is 36.8. The molecule has 6 heterocycles. The highest BCUT2D eigenvalue weighted by atomic mass is 19.3. The van der Waals surface area contributed by atoms with Gasteiger partial charge in [-0.1, -0.05) is 18.2 Å². The number of alkyl halides is 2. The molecule has 15 heteroatoms. The van der Waals surface area contributed by atoms with Crippen LogP contribution in [-0.2, 0) is 16.6 Å². The number of piperidine rings is 2. The molecule has 4 aromatic heterocycles. The molecular formula is C38H41F2N9O4. The summed E-state index contributed by atoms with van der Waals surface area (Å²) in [6.45, 7) is 2.56. The number of benzene rings is 1. The van der Waals surface area contributed by atoms with Crippen molar-refractivity contribution < 1.29 is 23.2 Å². The number of aryl methyl sites for hydroxylation is 2. The van der Waals surface area contributed by atoms with Gasteiger partial charge in [0.1, 0.15) is 23.1 Å². The molecule has 1 aromatic carbocycles. The van der Waals surface area contributed by atoms with Crippen molar-refractivity contribution >= 4 is 45.5 Å². The summed E-state index contributed by atoms with van der Waals surface area (Å²) in [4.78, 5) is 61.0. The first-order valence-corrected chi connectivity index (χ1v) is 18.2. The second kappa shape index (κ2) is 13.6. The van der Waals surface area contributed by atoms with Gasteiger partial charge < -0.3 is 5.32 Å². The van der Waals surface area contributed by atoms with Crippen LogP contribution in [0.25, 0.3) is 21.9 Å². The van der Waals surface area contributed by atoms with Crippen molar-refractivity contribution in [2.45, 2.75) is 75.8 Å². The van der Waals surface area contributed by atoms with Crippen LogP contribution in [-0.4, -0.2) is 77.1 Å². The summed E-state index contributed by atoms with van der Waals surface area (Å²) in [6.07, 6.45) is 7.68. The Morgan fingerprint density at radius 3 is 2.58 bits per heavy atom. The molecule has 3 amide bonds. The van der Waals surface area contributed by atoms with Gasteiger partial charge in [0.15, 0.2) is 0 Å². The summed E-state index contributed by atoms with van der Waals surface area (Å²) in [5, 5.41) is 10.7. The van der Waals surface area contributed by atoms with Gasteiger partial charge in [-0.2, -0.15) is 5.10 Å². The third-order valence-corrected chi connectivity index (χ3v) is 11.2. The normalized spacial score (nSPS) is 23.7. The van der Waals surface area contributed by atoms with Crippen molar-refractivity contribution in [3.05, 3.63) is 82.3 Å². The van der Waals surface area contributed by atoms with Gasteiger partial charge >= 0.3 is 5.69 Å². The fraction of sp³-hybridized carbons (Fsp3) is 0.447. The van der Waals surface area contributed by atoms with Gasteiger partial charge in [0.05, 0.1) is 35.7 Å². The second-order valence-corrected chi connectivity index (χ2v) is 14.8. The largest absolute Gasteiger partial charge is 0.329 e. The minimum absolute atomic E-state index is 0.103. The second-order valence-electron chi connectivity index (χ2n) is 14.8. The van der Waals surface area contributed by atoms with E-state index in [2.05, 4.69) is 20.6 Å². The molecule has 2 atom stereocenters. The Bertz CT molecular complexity index is 2310. The quantitative estimate of drug-likeness (QED) is 0.226. The number of aromatic nitrogens is 6. The zero-order valence-electron chi connectivity index (χ0n) is 29.6. The van der Waals surface area contributed by atoms with Gasteiger partial charge in [-0.3, -0.25) is 38.4 Å². The number of hydrogen-bond acceptors (Lipinski definition) is 8. The third kappa shape index (κ3) is 6.62. The van der Waals surface area contributed by atoms with E-state index in [0.29, 0.717) is 41.2 Å². The third-order valence-electron chi connectivity index (χ3n) is 11.2. The van der Waals surface area contributed by atoms with Crippen molar-refractivity contribution in [3.8, 4) is 0 Å². The highest BCUT2D eigenvalue weighted by Crippen LogP contribution is 2.44. The molecule has 0 bridgehead atoms. The van der Waals surface area contributed by atoms with Crippen molar-refractivity contribution in [3.63, 3.8) is 0 Å². The van der Waals surface area contributed by atoms with Gasteiger partial charge in [0.25, 0.3) is 11.8 Å². The number of para-hydroxylation sites is 1. The SMILES string of the molecule is Cc1cccc(C(=O)Nc2cc3cn([C@H]4CC[C@H](CN5CCC(c6cccc7c6n(C)c(=O)n7C6CCC(=O)NC6=O)C(F)(F)C5)CC4)nc3cn2)n1. The molecule has 2 aliphatic heterocycles. The van der Waals surface area contributed by atoms with Crippen LogP contribution in [0, 0.1) is 12.8 Å². The molecule has 5 aromatic rings. The minimum Gasteiger partial charge on any atom is -0.305 e. The van der Waals surface area contributed by atoms with E-state index in [9.17, 15) is 19.2 Å². The lowest BCUT2D eigenvalue weighted by atomic mass is 9.83. The Labute approximate surface area is 303 Å². The number of likely N-dealkylation sites (tertiary alicyclic amines) is 1. The predicted octanol–water partition coefficient (Wildman–Crippen LogP) is 4.87. The van der Waals surface area contributed by atoms with Gasteiger partial charge in [-0.15, -0.1) is 0 Å². The molecule has 3 aliphatic rings. The number of nitrogens with one attached hydrogen (secondary N) is 2. The van der Waals surface area contributed by atoms with Crippen molar-refractivity contribution in [1.29, 1.82) is 0 Å². The molecule has 0 spiro atoms. The molecule has 276 valence electrons. The lowest BCUT2D eigenvalue weighted by Gasteiger charge is -2.41. The predicted molar refractivity (Wildman–Crippen MR) is 193 cm³/mol. The first-order valence-electron chi connectivity index (χ1n) is 18.2. The number of imide groups is 1. The first kappa shape index (κ1) is 34.8. The molecule has 2 unspecified atom stereocenters. The Morgan fingerprint density at radius 2 is 1.83 bits per heavy atom. The van der Waals surface area contributed by atoms with Gasteiger partial charge in [0.2, 0.25) is 11.8 Å². The number of pyridine rings is 2. The average Bonchev–Trinajstić information content (AvgIpc) is 3.66. The van der Waals surface area contributed by atoms with Crippen LogP contribution in [0.5, 0.6) is 0 Å². The topological polar surface area (TPSA) is 149 Å². The Morgan fingerprint density at radius 1 is 1.04 bits per heavy atom. The number of imidazole rings is 1. The van der Waals surface area contributed by atoms with Crippen LogP contribution in [0.1, 0.15) is 84.7 Å². The van der Waals surface area contributed by atoms with E-state index in [1.165, 1.54) is 9.13 Å². The highest BCUT2D eigenvalue weighted by Gasteiger charge is 2.47. The molecule has 2 N–H and O–H groups in total. The van der Waals surface area contributed by atoms with E-state index in [1.54, 1.807) is 49.6 Å². The summed E-state index contributed by atoms with van der Waals surface area (Å²) in [5.41, 5.74) is 2.55. The molecular weight excluding hydrogens is 684 g/mol. The minimum atomic E-state index is -3.03. The molecule has 13 nitrogen and oxygen atoms in total. The number of carbonyl (C=O) groups excluding carboxylic acids is 3. The van der Waals surface area contributed by atoms with E-state index >= 15 is 8.78 Å². The van der Waals surface area contributed by atoms with Crippen molar-refractivity contribution in [2.75, 3.05) is 25.0 Å². The van der Waals surface area contributed by atoms with Gasteiger partial charge in [-0.05, 0) is 87.7 Å². The summed E-state index contributed by atoms with van der Waals surface area (Å²) in [5.74, 6) is -4.70. The van der Waals surface area contributed by atoms with Crippen LogP contribution in [0.2, 0.25) is 0 Å². The number of fused-ring (bicyclic) bond motifs is 2. The van der Waals surface area contributed by atoms with E-state index in [4.69, 9.17) is 5.10 Å². The number of nitrogens with zero attached hydrogens (tertiary/aromatic N) is 7. The van der Waals surface area contributed by atoms with Crippen LogP contribution in [0.3, 0.4) is 0 Å². The van der Waals surface area contributed by atoms with Crippen molar-refractivity contribution in [1.82, 2.24) is 39.1 Å². The number of hydrogen-bond donors (Lipinski definition) is 2. The summed E-state index contributed by atoms with van der Waals surface area (Å²) >= 11 is 0. The first-order chi connectivity index (χ1) is 25.4. The maximum absolute atomic E-state index is 16.1. The number of halogens is 2. The van der Waals surface area contributed by atoms with E-state index < -0.39 is 29.5 Å². The zero-order chi connectivity index (χ0) is 37.0. The Kier molecular flexibility index (Phi) is 8.91. The smallest absolute Gasteiger partial charge is 0.305 e. The molecule has 1 aliphatic carbocycles. The zero-order valence-corrected chi connectivity index (χ0v) is 29.6. The molecule has 2 saturated heterocycles. The number of carbonyl (C=O) groups is 3. The lowest BCUT2D eigenvalue weighted by molar-refractivity contribution is -0.135. The van der Waals surface area contributed by atoms with E-state index in [-0.39, 0.29) is 49.6 Å². The van der Waals surface area contributed by atoms with Crippen LogP contribution < -0.4 is 16.3 Å². The fourth-order valence-electron chi connectivity index (χ4n) is 8.54. The number of anilines is 1. The molecule has 0 radical (unpaired) electrons. The summed E-state index contributed by atoms with van der Waals surface area (Å²) in [6, 6.07) is 11.4. The average molecular weight is 726 g/mol. The number of rotatable bonds is 7. The molecule has 1 saturated carbocycles. The molecule has 8 rings (SSSR count). The van der Waals surface area contributed by atoms with Crippen molar-refractivity contribution in [2.24, 2.45) is 13.0 Å². The molecule has 53 heavy (non-hydrogen) atoms. The number of amides is 3. The highest BCUT2D eigenvalue weighted by molar-refractivity contribution is 6.03. The Hall–Kier alpha value is -5.31. The lowest BCUT2D eigenvalue weighted by Crippen LogP contribution is -2.49. The monoisotopic (exact) mass is 725 g/mol. The standard InChI is InChI=1S/C38H41F2N9O4/c1-22-5-3-7-28(42-22)35(51)43-32-17-24-20-48(45-29(24)18-41-32)25-11-9-23(10-12-25)19-47-16-15-27(38(39,40)21-47)26-6-4-8-30-34(26)46(2)37(53)49(30)31-13-14-33(50)44-36(31)52/h3-8,17-18,20,23,25,27,31H,9-16,19,21H2,1-2H3,(H,43,51)(H,44,50,52)/t23-,25-,27?,31?. The van der Waals surface area contributed by atoms with Gasteiger partial charge in [-0.25, -0.2) is 23.5 Å². The maximum atomic E-state index is 16.1. The van der Waals surface area contributed by atoms with Gasteiger partial charge in [0, 0.05) is 37.3 Å². The van der Waals surface area contributed by atoms with E-state index in [0.717, 1.165) is 42.3 Å². The summed E-state index contributed by atoms with van der Waals surface area (Å²) in [7, 11) is 1.55. The van der Waals surface area contributed by atoms with Crippen LogP contribution in [0.15, 0.2) is 59.7 Å². The van der Waals surface area contributed by atoms with Crippen LogP contribution in [0.4, 0.5) is 14.6 Å². The molecule has 3 fully saturated rings. The maximum Gasteiger partial charge on any atom is 0.329 e. The van der Waals surface area contributed by atoms with Crippen LogP contribution >= 0.6 is 0 Å². The fourth-order valence-corrected chi connectivity index (χ4v) is 8.54. The van der Waals surface area contributed by atoms with E-state index in [1.807, 2.05) is 28.8 Å².